The number of halogens is 1. The number of aromatic nitrogens is 2. The van der Waals surface area contributed by atoms with Crippen molar-refractivity contribution in [3.8, 4) is 5.75 Å². The van der Waals surface area contributed by atoms with Crippen LogP contribution in [0.2, 0.25) is 5.02 Å². The molecule has 0 unspecified atom stereocenters. The molecule has 1 atom stereocenters. The van der Waals surface area contributed by atoms with E-state index in [0.29, 0.717) is 45.4 Å². The second kappa shape index (κ2) is 12.2. The fraction of sp³-hybridized carbons (Fsp3) is 0.655. The minimum atomic E-state index is -0.236. The Morgan fingerprint density at radius 3 is 2.76 bits per heavy atom. The summed E-state index contributed by atoms with van der Waals surface area (Å²) in [5.41, 5.74) is 2.02. The van der Waals surface area contributed by atoms with Gasteiger partial charge in [0.15, 0.2) is 0 Å². The molecule has 7 nitrogen and oxygen atoms in total. The van der Waals surface area contributed by atoms with Gasteiger partial charge in [-0.25, -0.2) is 0 Å². The molecule has 2 saturated heterocycles. The summed E-state index contributed by atoms with van der Waals surface area (Å²) in [6.45, 7) is 7.83. The summed E-state index contributed by atoms with van der Waals surface area (Å²) < 4.78 is 14.0. The van der Waals surface area contributed by atoms with Crippen molar-refractivity contribution >= 4 is 17.5 Å². The summed E-state index contributed by atoms with van der Waals surface area (Å²) in [5.74, 6) is 1.03. The van der Waals surface area contributed by atoms with Gasteiger partial charge >= 0.3 is 0 Å². The fourth-order valence-electron chi connectivity index (χ4n) is 6.21. The summed E-state index contributed by atoms with van der Waals surface area (Å²) in [6.07, 6.45) is 13.2. The third-order valence-corrected chi connectivity index (χ3v) is 8.74. The highest BCUT2D eigenvalue weighted by Gasteiger charge is 2.40. The second-order valence-corrected chi connectivity index (χ2v) is 11.7. The van der Waals surface area contributed by atoms with Gasteiger partial charge in [0.05, 0.1) is 32.1 Å². The average Bonchev–Trinajstić information content (AvgIpc) is 3.39. The standard InChI is InChI=1S/C29H41ClN4O3/c1-23-16-26(8-9-27(23)30)37-22-29(17-28(35)33-12-14-36-15-13-33)10-5-11-32(21-29)19-24-18-31-34(20-24)25-6-3-2-4-7-25/h8-9,16,18,20,25H,2-7,10-15,17,19,21-22H2,1H3/t29-/m0/s1. The molecular weight excluding hydrogens is 488 g/mol. The molecule has 0 radical (unpaired) electrons. The number of carbonyl (C=O) groups excluding carboxylic acids is 1. The molecule has 5 rings (SSSR count). The quantitative estimate of drug-likeness (QED) is 0.467. The van der Waals surface area contributed by atoms with Gasteiger partial charge in [0, 0.05) is 54.8 Å². The van der Waals surface area contributed by atoms with Crippen molar-refractivity contribution in [3.05, 3.63) is 46.7 Å². The summed E-state index contributed by atoms with van der Waals surface area (Å²) in [7, 11) is 0. The van der Waals surface area contributed by atoms with Crippen LogP contribution in [0.3, 0.4) is 0 Å². The van der Waals surface area contributed by atoms with Crippen molar-refractivity contribution in [3.63, 3.8) is 0 Å². The summed E-state index contributed by atoms with van der Waals surface area (Å²) in [5, 5.41) is 5.46. The van der Waals surface area contributed by atoms with E-state index < -0.39 is 0 Å². The van der Waals surface area contributed by atoms with Gasteiger partial charge in [0.2, 0.25) is 5.91 Å². The number of morpholine rings is 1. The molecule has 3 fully saturated rings. The predicted molar refractivity (Wildman–Crippen MR) is 145 cm³/mol. The number of amides is 1. The molecule has 0 bridgehead atoms. The first-order valence-electron chi connectivity index (χ1n) is 14.0. The summed E-state index contributed by atoms with van der Waals surface area (Å²) >= 11 is 6.23. The van der Waals surface area contributed by atoms with E-state index in [-0.39, 0.29) is 11.3 Å². The van der Waals surface area contributed by atoms with Gasteiger partial charge in [-0.3, -0.25) is 14.4 Å². The van der Waals surface area contributed by atoms with Crippen LogP contribution in [0, 0.1) is 12.3 Å². The highest BCUT2D eigenvalue weighted by atomic mass is 35.5. The molecule has 8 heteroatoms. The van der Waals surface area contributed by atoms with Crippen LogP contribution in [-0.2, 0) is 16.1 Å². The maximum Gasteiger partial charge on any atom is 0.223 e. The Hall–Kier alpha value is -2.09. The summed E-state index contributed by atoms with van der Waals surface area (Å²) in [4.78, 5) is 17.8. The van der Waals surface area contributed by atoms with Crippen LogP contribution in [0.25, 0.3) is 0 Å². The SMILES string of the molecule is Cc1cc(OC[C@]2(CC(=O)N3CCOCC3)CCCN(Cc3cnn(C4CCCCC4)c3)C2)ccc1Cl. The molecule has 202 valence electrons. The lowest BCUT2D eigenvalue weighted by molar-refractivity contribution is -0.139. The van der Waals surface area contributed by atoms with E-state index in [4.69, 9.17) is 26.2 Å². The number of aryl methyl sites for hydroxylation is 1. The smallest absolute Gasteiger partial charge is 0.223 e. The van der Waals surface area contributed by atoms with Crippen LogP contribution in [0.4, 0.5) is 0 Å². The van der Waals surface area contributed by atoms with Gasteiger partial charge in [-0.15, -0.1) is 0 Å². The van der Waals surface area contributed by atoms with Crippen LogP contribution in [0.15, 0.2) is 30.6 Å². The monoisotopic (exact) mass is 528 g/mol. The minimum absolute atomic E-state index is 0.214. The normalized spacial score (nSPS) is 23.8. The van der Waals surface area contributed by atoms with Crippen molar-refractivity contribution in [1.29, 1.82) is 0 Å². The van der Waals surface area contributed by atoms with Crippen LogP contribution >= 0.6 is 11.6 Å². The fourth-order valence-corrected chi connectivity index (χ4v) is 6.33. The topological polar surface area (TPSA) is 59.8 Å². The first kappa shape index (κ1) is 26.5. The molecule has 2 aromatic rings. The molecule has 3 heterocycles. The maximum absolute atomic E-state index is 13.4. The number of piperidine rings is 1. The minimum Gasteiger partial charge on any atom is -0.493 e. The number of likely N-dealkylation sites (tertiary alicyclic amines) is 1. The Bertz CT molecular complexity index is 1050. The third-order valence-electron chi connectivity index (χ3n) is 8.31. The molecule has 1 aromatic carbocycles. The maximum atomic E-state index is 13.4. The van der Waals surface area contributed by atoms with Gasteiger partial charge < -0.3 is 14.4 Å². The van der Waals surface area contributed by atoms with Crippen molar-refractivity contribution in [2.45, 2.75) is 70.9 Å². The Morgan fingerprint density at radius 1 is 1.16 bits per heavy atom. The molecule has 0 spiro atoms. The number of ether oxygens (including phenoxy) is 2. The lowest BCUT2D eigenvalue weighted by atomic mass is 9.77. The zero-order valence-corrected chi connectivity index (χ0v) is 22.9. The molecule has 37 heavy (non-hydrogen) atoms. The molecule has 2 aliphatic heterocycles. The lowest BCUT2D eigenvalue weighted by Crippen LogP contribution is -2.50. The van der Waals surface area contributed by atoms with Crippen molar-refractivity contribution < 1.29 is 14.3 Å². The molecule has 1 amide bonds. The third kappa shape index (κ3) is 6.87. The molecule has 1 aromatic heterocycles. The number of benzene rings is 1. The largest absolute Gasteiger partial charge is 0.493 e. The number of nitrogens with zero attached hydrogens (tertiary/aromatic N) is 4. The van der Waals surface area contributed by atoms with E-state index in [2.05, 4.69) is 15.8 Å². The first-order chi connectivity index (χ1) is 18.0. The highest BCUT2D eigenvalue weighted by Crippen LogP contribution is 2.36. The Morgan fingerprint density at radius 2 is 1.97 bits per heavy atom. The lowest BCUT2D eigenvalue weighted by Gasteiger charge is -2.43. The predicted octanol–water partition coefficient (Wildman–Crippen LogP) is 5.26. The molecule has 3 aliphatic rings. The number of rotatable bonds is 8. The number of carbonyl (C=O) groups is 1. The average molecular weight is 529 g/mol. The molecular formula is C29H41ClN4O3. The summed E-state index contributed by atoms with van der Waals surface area (Å²) in [6, 6.07) is 6.34. The van der Waals surface area contributed by atoms with Gasteiger partial charge in [-0.2, -0.15) is 5.10 Å². The van der Waals surface area contributed by atoms with E-state index in [1.807, 2.05) is 36.2 Å². The van der Waals surface area contributed by atoms with Crippen LogP contribution in [0.5, 0.6) is 5.75 Å². The van der Waals surface area contributed by atoms with Crippen molar-refractivity contribution in [1.82, 2.24) is 19.6 Å². The zero-order chi connectivity index (χ0) is 25.7. The second-order valence-electron chi connectivity index (χ2n) is 11.3. The molecule has 1 saturated carbocycles. The van der Waals surface area contributed by atoms with Gasteiger partial charge in [0.1, 0.15) is 5.75 Å². The van der Waals surface area contributed by atoms with Crippen molar-refractivity contribution in [2.24, 2.45) is 5.41 Å². The van der Waals surface area contributed by atoms with Crippen molar-refractivity contribution in [2.75, 3.05) is 46.0 Å². The van der Waals surface area contributed by atoms with Crippen LogP contribution < -0.4 is 4.74 Å². The first-order valence-corrected chi connectivity index (χ1v) is 14.4. The van der Waals surface area contributed by atoms with E-state index in [9.17, 15) is 4.79 Å². The Balaban J connectivity index is 1.28. The van der Waals surface area contributed by atoms with Crippen LogP contribution in [0.1, 0.15) is 68.5 Å². The molecule has 0 N–H and O–H groups in total. The zero-order valence-electron chi connectivity index (χ0n) is 22.2. The highest BCUT2D eigenvalue weighted by molar-refractivity contribution is 6.31. The number of hydrogen-bond acceptors (Lipinski definition) is 5. The molecule has 1 aliphatic carbocycles. The van der Waals surface area contributed by atoms with Gasteiger partial charge in [0.25, 0.3) is 0 Å². The van der Waals surface area contributed by atoms with Crippen LogP contribution in [-0.4, -0.2) is 71.5 Å². The Kier molecular flexibility index (Phi) is 8.73. The van der Waals surface area contributed by atoms with Gasteiger partial charge in [-0.05, 0) is 62.9 Å². The van der Waals surface area contributed by atoms with E-state index >= 15 is 0 Å². The Labute approximate surface area is 226 Å². The number of hydrogen-bond donors (Lipinski definition) is 0. The van der Waals surface area contributed by atoms with E-state index in [0.717, 1.165) is 48.8 Å². The van der Waals surface area contributed by atoms with E-state index in [1.54, 1.807) is 0 Å². The van der Waals surface area contributed by atoms with E-state index in [1.165, 1.54) is 37.7 Å². The van der Waals surface area contributed by atoms with Gasteiger partial charge in [-0.1, -0.05) is 30.9 Å².